The molecule has 1 aromatic heterocycles. The molecular formula is C63H49NS. The number of rotatable bonds is 6. The Bertz CT molecular complexity index is 3680. The summed E-state index contributed by atoms with van der Waals surface area (Å²) < 4.78 is 2.64. The first-order chi connectivity index (χ1) is 31.6. The number of benzene rings is 10. The average Bonchev–Trinajstić information content (AvgIpc) is 3.83. The van der Waals surface area contributed by atoms with Crippen molar-refractivity contribution in [2.24, 2.45) is 0 Å². The van der Waals surface area contributed by atoms with E-state index in [0.717, 1.165) is 11.4 Å². The van der Waals surface area contributed by atoms with E-state index in [9.17, 15) is 0 Å². The molecule has 0 saturated carbocycles. The standard InChI is InChI=1S/C63H49NS/c1-62(2,3)56-39-52(40-19-7-6-8-20-40)60(50-28-12-11-25-47(50)56)64(44-34-35-55-53(38-44)48-26-13-15-31-54(48)63(55,4)5)57-36-33-41-21-9-10-24-45(41)59(57)43-23-17-22-42(37-43)46-29-18-30-51-49-27-14-16-32-58(49)65-61(46)51/h6-39H,1-5H3. The highest BCUT2D eigenvalue weighted by Gasteiger charge is 2.36. The van der Waals surface area contributed by atoms with Crippen LogP contribution < -0.4 is 4.90 Å². The van der Waals surface area contributed by atoms with Crippen LogP contribution in [0.1, 0.15) is 51.3 Å². The van der Waals surface area contributed by atoms with E-state index in [4.69, 9.17) is 0 Å². The number of thiophene rings is 1. The van der Waals surface area contributed by atoms with Crippen LogP contribution in [-0.2, 0) is 10.8 Å². The lowest BCUT2D eigenvalue weighted by atomic mass is 9.80. The van der Waals surface area contributed by atoms with Crippen LogP contribution in [0.3, 0.4) is 0 Å². The largest absolute Gasteiger partial charge is 0.309 e. The first-order valence-corrected chi connectivity index (χ1v) is 23.7. The smallest absolute Gasteiger partial charge is 0.0618 e. The van der Waals surface area contributed by atoms with Gasteiger partial charge in [0, 0.05) is 47.8 Å². The molecule has 0 amide bonds. The summed E-state index contributed by atoms with van der Waals surface area (Å²) >= 11 is 1.89. The predicted molar refractivity (Wildman–Crippen MR) is 282 cm³/mol. The lowest BCUT2D eigenvalue weighted by molar-refractivity contribution is 0.596. The van der Waals surface area contributed by atoms with E-state index in [1.54, 1.807) is 0 Å². The minimum absolute atomic E-state index is 0.0961. The summed E-state index contributed by atoms with van der Waals surface area (Å²) in [6.45, 7) is 11.8. The van der Waals surface area contributed by atoms with Crippen molar-refractivity contribution in [2.75, 3.05) is 4.90 Å². The van der Waals surface area contributed by atoms with Crippen molar-refractivity contribution in [2.45, 2.75) is 45.4 Å². The molecular weight excluding hydrogens is 803 g/mol. The van der Waals surface area contributed by atoms with Crippen LogP contribution in [0.15, 0.2) is 206 Å². The molecule has 1 heterocycles. The monoisotopic (exact) mass is 851 g/mol. The van der Waals surface area contributed by atoms with E-state index in [1.165, 1.54) is 109 Å². The Labute approximate surface area is 385 Å². The molecule has 2 heteroatoms. The van der Waals surface area contributed by atoms with Crippen molar-refractivity contribution in [3.8, 4) is 44.5 Å². The van der Waals surface area contributed by atoms with Gasteiger partial charge in [-0.05, 0) is 108 Å². The van der Waals surface area contributed by atoms with Gasteiger partial charge in [-0.1, -0.05) is 204 Å². The molecule has 0 radical (unpaired) electrons. The summed E-state index contributed by atoms with van der Waals surface area (Å²) in [6.07, 6.45) is 0. The van der Waals surface area contributed by atoms with Gasteiger partial charge < -0.3 is 4.90 Å². The summed E-state index contributed by atoms with van der Waals surface area (Å²) in [5, 5.41) is 7.56. The zero-order valence-corrected chi connectivity index (χ0v) is 38.3. The molecule has 312 valence electrons. The van der Waals surface area contributed by atoms with Crippen LogP contribution in [0.5, 0.6) is 0 Å². The van der Waals surface area contributed by atoms with Gasteiger partial charge >= 0.3 is 0 Å². The maximum Gasteiger partial charge on any atom is 0.0618 e. The van der Waals surface area contributed by atoms with Gasteiger partial charge in [0.25, 0.3) is 0 Å². The summed E-state index contributed by atoms with van der Waals surface area (Å²) in [5.41, 5.74) is 17.2. The molecule has 0 fully saturated rings. The van der Waals surface area contributed by atoms with Crippen molar-refractivity contribution in [1.82, 2.24) is 0 Å². The molecule has 0 bridgehead atoms. The summed E-state index contributed by atoms with van der Waals surface area (Å²) in [7, 11) is 0. The van der Waals surface area contributed by atoms with E-state index in [2.05, 4.69) is 246 Å². The molecule has 0 unspecified atom stereocenters. The van der Waals surface area contributed by atoms with Crippen LogP contribution in [0, 0.1) is 0 Å². The molecule has 0 atom stereocenters. The third-order valence-electron chi connectivity index (χ3n) is 14.0. The minimum Gasteiger partial charge on any atom is -0.309 e. The summed E-state index contributed by atoms with van der Waals surface area (Å²) in [5.74, 6) is 0. The Morgan fingerprint density at radius 3 is 1.89 bits per heavy atom. The Morgan fingerprint density at radius 1 is 0.431 bits per heavy atom. The molecule has 0 aliphatic heterocycles. The predicted octanol–water partition coefficient (Wildman–Crippen LogP) is 18.4. The third kappa shape index (κ3) is 6.26. The first kappa shape index (κ1) is 39.3. The second-order valence-electron chi connectivity index (χ2n) is 19.3. The first-order valence-electron chi connectivity index (χ1n) is 22.8. The molecule has 65 heavy (non-hydrogen) atoms. The van der Waals surface area contributed by atoms with Crippen LogP contribution in [-0.4, -0.2) is 0 Å². The molecule has 1 nitrogen and oxygen atoms in total. The van der Waals surface area contributed by atoms with Gasteiger partial charge in [0.2, 0.25) is 0 Å². The molecule has 0 saturated heterocycles. The highest BCUT2D eigenvalue weighted by molar-refractivity contribution is 7.26. The Morgan fingerprint density at radius 2 is 1.06 bits per heavy atom. The van der Waals surface area contributed by atoms with Gasteiger partial charge in [0.05, 0.1) is 11.4 Å². The van der Waals surface area contributed by atoms with Gasteiger partial charge in [-0.15, -0.1) is 11.3 Å². The van der Waals surface area contributed by atoms with Crippen molar-refractivity contribution >= 4 is 70.1 Å². The Hall–Kier alpha value is -7.26. The highest BCUT2D eigenvalue weighted by Crippen LogP contribution is 2.55. The minimum atomic E-state index is -0.114. The molecule has 0 spiro atoms. The highest BCUT2D eigenvalue weighted by atomic mass is 32.1. The number of hydrogen-bond donors (Lipinski definition) is 0. The van der Waals surface area contributed by atoms with Gasteiger partial charge in [0.15, 0.2) is 0 Å². The normalized spacial score (nSPS) is 13.1. The van der Waals surface area contributed by atoms with Gasteiger partial charge in [0.1, 0.15) is 0 Å². The molecule has 1 aliphatic rings. The Kier molecular flexibility index (Phi) is 9.02. The second-order valence-corrected chi connectivity index (χ2v) is 20.3. The number of nitrogens with zero attached hydrogens (tertiary/aromatic N) is 1. The second kappa shape index (κ2) is 14.9. The molecule has 10 aromatic carbocycles. The van der Waals surface area contributed by atoms with Gasteiger partial charge in [-0.25, -0.2) is 0 Å². The van der Waals surface area contributed by atoms with E-state index in [1.807, 2.05) is 11.3 Å². The van der Waals surface area contributed by atoms with Crippen LogP contribution in [0.4, 0.5) is 17.1 Å². The summed E-state index contributed by atoms with van der Waals surface area (Å²) in [6, 6.07) is 77.4. The molecule has 1 aliphatic carbocycles. The topological polar surface area (TPSA) is 3.24 Å². The van der Waals surface area contributed by atoms with Crippen molar-refractivity contribution in [3.63, 3.8) is 0 Å². The van der Waals surface area contributed by atoms with E-state index in [-0.39, 0.29) is 10.8 Å². The lowest BCUT2D eigenvalue weighted by Crippen LogP contribution is -2.17. The molecule has 12 rings (SSSR count). The maximum atomic E-state index is 2.60. The average molecular weight is 852 g/mol. The third-order valence-corrected chi connectivity index (χ3v) is 15.2. The quantitative estimate of drug-likeness (QED) is 0.161. The fourth-order valence-electron chi connectivity index (χ4n) is 10.9. The van der Waals surface area contributed by atoms with Crippen LogP contribution in [0.2, 0.25) is 0 Å². The van der Waals surface area contributed by atoms with Gasteiger partial charge in [-0.2, -0.15) is 0 Å². The number of anilines is 3. The zero-order chi connectivity index (χ0) is 44.0. The van der Waals surface area contributed by atoms with Gasteiger partial charge in [-0.3, -0.25) is 0 Å². The zero-order valence-electron chi connectivity index (χ0n) is 37.5. The van der Waals surface area contributed by atoms with Crippen molar-refractivity contribution in [3.05, 3.63) is 223 Å². The van der Waals surface area contributed by atoms with Crippen molar-refractivity contribution < 1.29 is 0 Å². The number of fused-ring (bicyclic) bond motifs is 8. The van der Waals surface area contributed by atoms with Crippen molar-refractivity contribution in [1.29, 1.82) is 0 Å². The van der Waals surface area contributed by atoms with E-state index >= 15 is 0 Å². The Balaban J connectivity index is 1.19. The van der Waals surface area contributed by atoms with Crippen LogP contribution in [0.25, 0.3) is 86.2 Å². The fraction of sp³-hybridized carbons (Fsp3) is 0.111. The lowest BCUT2D eigenvalue weighted by Gasteiger charge is -2.34. The summed E-state index contributed by atoms with van der Waals surface area (Å²) in [4.78, 5) is 2.60. The van der Waals surface area contributed by atoms with E-state index in [0.29, 0.717) is 0 Å². The molecule has 0 N–H and O–H groups in total. The SMILES string of the molecule is CC(C)(C)c1cc(-c2ccccc2)c(N(c2ccc3c(c2)-c2ccccc2C3(C)C)c2ccc3ccccc3c2-c2cccc(-c3cccc4c3sc3ccccc34)c2)c2ccccc12. The fourth-order valence-corrected chi connectivity index (χ4v) is 12.1. The molecule has 11 aromatic rings. The maximum absolute atomic E-state index is 2.60. The van der Waals surface area contributed by atoms with E-state index < -0.39 is 0 Å². The van der Waals surface area contributed by atoms with Crippen LogP contribution >= 0.6 is 11.3 Å². The number of hydrogen-bond acceptors (Lipinski definition) is 2.